The predicted molar refractivity (Wildman–Crippen MR) is 105 cm³/mol. The number of hydrogen-bond acceptors (Lipinski definition) is 6. The summed E-state index contributed by atoms with van der Waals surface area (Å²) in [6, 6.07) is 8.07. The molecular formula is C20H21ClN2O6. The number of halogens is 1. The van der Waals surface area contributed by atoms with Gasteiger partial charge in [0.2, 0.25) is 0 Å². The largest absolute Gasteiger partial charge is 0.495 e. The molecule has 1 aliphatic heterocycles. The number of ether oxygens (including phenoxy) is 2. The molecular weight excluding hydrogens is 400 g/mol. The van der Waals surface area contributed by atoms with Crippen LogP contribution in [-0.4, -0.2) is 49.5 Å². The van der Waals surface area contributed by atoms with Crippen LogP contribution in [0.4, 0.5) is 5.69 Å². The molecule has 2 heterocycles. The fourth-order valence-corrected chi connectivity index (χ4v) is 3.33. The van der Waals surface area contributed by atoms with Gasteiger partial charge in [0.15, 0.2) is 12.4 Å². The number of esters is 1. The van der Waals surface area contributed by atoms with E-state index in [0.717, 1.165) is 0 Å². The molecule has 1 aromatic carbocycles. The maximum Gasteiger partial charge on any atom is 0.309 e. The van der Waals surface area contributed by atoms with Gasteiger partial charge >= 0.3 is 5.97 Å². The lowest BCUT2D eigenvalue weighted by atomic mass is 9.97. The highest BCUT2D eigenvalue weighted by atomic mass is 35.5. The molecule has 9 heteroatoms. The third kappa shape index (κ3) is 5.29. The topological polar surface area (TPSA) is 98.1 Å². The Morgan fingerprint density at radius 3 is 2.62 bits per heavy atom. The number of likely N-dealkylation sites (tertiary alicyclic amines) is 1. The van der Waals surface area contributed by atoms with Crippen LogP contribution in [0.5, 0.6) is 5.75 Å². The summed E-state index contributed by atoms with van der Waals surface area (Å²) in [6.45, 7) is 0.458. The van der Waals surface area contributed by atoms with Gasteiger partial charge in [0, 0.05) is 18.8 Å². The Labute approximate surface area is 172 Å². The first-order chi connectivity index (χ1) is 14.0. The maximum atomic E-state index is 12.2. The number of carbonyl (C=O) groups excluding carboxylic acids is 3. The number of piperidine rings is 1. The van der Waals surface area contributed by atoms with Crippen molar-refractivity contribution in [1.82, 2.24) is 4.90 Å². The highest BCUT2D eigenvalue weighted by Crippen LogP contribution is 2.27. The number of methoxy groups -OCH3 is 1. The van der Waals surface area contributed by atoms with E-state index < -0.39 is 18.5 Å². The molecule has 2 amide bonds. The quantitative estimate of drug-likeness (QED) is 0.721. The number of amides is 2. The zero-order valence-corrected chi connectivity index (χ0v) is 16.6. The summed E-state index contributed by atoms with van der Waals surface area (Å²) in [5, 5.41) is 2.97. The van der Waals surface area contributed by atoms with Gasteiger partial charge in [-0.3, -0.25) is 14.4 Å². The van der Waals surface area contributed by atoms with Crippen molar-refractivity contribution in [2.75, 3.05) is 32.1 Å². The molecule has 0 spiro atoms. The van der Waals surface area contributed by atoms with Gasteiger partial charge in [-0.25, -0.2) is 0 Å². The van der Waals surface area contributed by atoms with Crippen LogP contribution in [0.1, 0.15) is 23.4 Å². The highest BCUT2D eigenvalue weighted by molar-refractivity contribution is 6.32. The van der Waals surface area contributed by atoms with Gasteiger partial charge in [0.05, 0.1) is 24.3 Å². The lowest BCUT2D eigenvalue weighted by molar-refractivity contribution is -0.152. The van der Waals surface area contributed by atoms with Crippen LogP contribution in [0, 0.1) is 5.92 Å². The maximum absolute atomic E-state index is 12.2. The van der Waals surface area contributed by atoms with Crippen molar-refractivity contribution in [1.29, 1.82) is 0 Å². The smallest absolute Gasteiger partial charge is 0.309 e. The van der Waals surface area contributed by atoms with Crippen molar-refractivity contribution in [3.63, 3.8) is 0 Å². The minimum absolute atomic E-state index is 0.195. The third-order valence-electron chi connectivity index (χ3n) is 4.63. The number of benzene rings is 1. The molecule has 154 valence electrons. The fraction of sp³-hybridized carbons (Fsp3) is 0.350. The van der Waals surface area contributed by atoms with E-state index in [1.807, 2.05) is 0 Å². The van der Waals surface area contributed by atoms with E-state index in [9.17, 15) is 14.4 Å². The normalized spacial score (nSPS) is 14.3. The highest BCUT2D eigenvalue weighted by Gasteiger charge is 2.30. The molecule has 1 N–H and O–H groups in total. The Hall–Kier alpha value is -3.00. The first-order valence-corrected chi connectivity index (χ1v) is 9.48. The van der Waals surface area contributed by atoms with Crippen LogP contribution in [-0.2, 0) is 14.3 Å². The fourth-order valence-electron chi connectivity index (χ4n) is 3.07. The van der Waals surface area contributed by atoms with Crippen LogP contribution >= 0.6 is 11.6 Å². The van der Waals surface area contributed by atoms with E-state index >= 15 is 0 Å². The van der Waals surface area contributed by atoms with E-state index in [1.54, 1.807) is 35.2 Å². The minimum atomic E-state index is -0.468. The molecule has 0 unspecified atom stereocenters. The third-order valence-corrected chi connectivity index (χ3v) is 4.92. The predicted octanol–water partition coefficient (Wildman–Crippen LogP) is 2.98. The lowest BCUT2D eigenvalue weighted by Crippen LogP contribution is -2.40. The minimum Gasteiger partial charge on any atom is -0.495 e. The van der Waals surface area contributed by atoms with E-state index in [-0.39, 0.29) is 17.6 Å². The van der Waals surface area contributed by atoms with E-state index in [0.29, 0.717) is 42.4 Å². The first-order valence-electron chi connectivity index (χ1n) is 9.10. The molecule has 3 rings (SSSR count). The Bertz CT molecular complexity index is 875. The molecule has 0 saturated carbocycles. The number of nitrogens with zero attached hydrogens (tertiary/aromatic N) is 1. The second-order valence-electron chi connectivity index (χ2n) is 6.55. The van der Waals surface area contributed by atoms with Crippen LogP contribution < -0.4 is 10.1 Å². The number of carbonyl (C=O) groups is 3. The Morgan fingerprint density at radius 2 is 2.00 bits per heavy atom. The van der Waals surface area contributed by atoms with Crippen molar-refractivity contribution in [3.8, 4) is 5.75 Å². The summed E-state index contributed by atoms with van der Waals surface area (Å²) in [5.41, 5.74) is 0.474. The molecule has 0 atom stereocenters. The molecule has 0 bridgehead atoms. The molecule has 1 aromatic heterocycles. The van der Waals surface area contributed by atoms with Crippen LogP contribution in [0.3, 0.4) is 0 Å². The average Bonchev–Trinajstić information content (AvgIpc) is 3.26. The second-order valence-corrected chi connectivity index (χ2v) is 6.96. The van der Waals surface area contributed by atoms with Crippen molar-refractivity contribution < 1.29 is 28.3 Å². The van der Waals surface area contributed by atoms with Gasteiger partial charge in [-0.15, -0.1) is 0 Å². The van der Waals surface area contributed by atoms with Crippen molar-refractivity contribution >= 4 is 35.1 Å². The van der Waals surface area contributed by atoms with Gasteiger partial charge < -0.3 is 24.1 Å². The summed E-state index contributed by atoms with van der Waals surface area (Å²) < 4.78 is 15.3. The molecule has 2 aromatic rings. The number of rotatable bonds is 6. The van der Waals surface area contributed by atoms with Crippen LogP contribution in [0.15, 0.2) is 41.0 Å². The first kappa shape index (κ1) is 20.7. The zero-order chi connectivity index (χ0) is 20.8. The van der Waals surface area contributed by atoms with Gasteiger partial charge in [-0.2, -0.15) is 0 Å². The van der Waals surface area contributed by atoms with Gasteiger partial charge in [0.1, 0.15) is 5.75 Å². The zero-order valence-electron chi connectivity index (χ0n) is 15.9. The standard InChI is InChI=1S/C20H21ClN2O6/c1-27-16-5-4-14(11-15(16)21)22-18(24)12-29-20(26)13-6-8-23(9-7-13)19(25)17-3-2-10-28-17/h2-5,10-11,13H,6-9,12H2,1H3,(H,22,24). The molecule has 0 radical (unpaired) electrons. The summed E-state index contributed by atoms with van der Waals surface area (Å²) in [7, 11) is 1.50. The van der Waals surface area contributed by atoms with E-state index in [2.05, 4.69) is 5.32 Å². The molecule has 29 heavy (non-hydrogen) atoms. The number of anilines is 1. The van der Waals surface area contributed by atoms with Gasteiger partial charge in [-0.1, -0.05) is 11.6 Å². The van der Waals surface area contributed by atoms with E-state index in [4.69, 9.17) is 25.5 Å². The SMILES string of the molecule is COc1ccc(NC(=O)COC(=O)C2CCN(C(=O)c3ccco3)CC2)cc1Cl. The monoisotopic (exact) mass is 420 g/mol. The van der Waals surface area contributed by atoms with Crippen molar-refractivity contribution in [3.05, 3.63) is 47.4 Å². The summed E-state index contributed by atoms with van der Waals surface area (Å²) >= 11 is 6.01. The van der Waals surface area contributed by atoms with Crippen molar-refractivity contribution in [2.45, 2.75) is 12.8 Å². The van der Waals surface area contributed by atoms with Gasteiger partial charge in [-0.05, 0) is 43.2 Å². The van der Waals surface area contributed by atoms with E-state index in [1.165, 1.54) is 13.4 Å². The summed E-state index contributed by atoms with van der Waals surface area (Å²) in [4.78, 5) is 38.1. The number of hydrogen-bond donors (Lipinski definition) is 1. The summed E-state index contributed by atoms with van der Waals surface area (Å²) in [6.07, 6.45) is 2.39. The Kier molecular flexibility index (Phi) is 6.77. The molecule has 1 aliphatic rings. The molecule has 8 nitrogen and oxygen atoms in total. The van der Waals surface area contributed by atoms with Crippen LogP contribution in [0.25, 0.3) is 0 Å². The molecule has 1 saturated heterocycles. The second kappa shape index (κ2) is 9.47. The van der Waals surface area contributed by atoms with Crippen LogP contribution in [0.2, 0.25) is 5.02 Å². The average molecular weight is 421 g/mol. The number of furan rings is 1. The Morgan fingerprint density at radius 1 is 1.24 bits per heavy atom. The number of nitrogens with one attached hydrogen (secondary N) is 1. The lowest BCUT2D eigenvalue weighted by Gasteiger charge is -2.30. The molecule has 1 fully saturated rings. The molecule has 0 aliphatic carbocycles. The summed E-state index contributed by atoms with van der Waals surface area (Å²) in [5.74, 6) is -0.685. The van der Waals surface area contributed by atoms with Crippen molar-refractivity contribution in [2.24, 2.45) is 5.92 Å². The Balaban J connectivity index is 1.42. The van der Waals surface area contributed by atoms with Gasteiger partial charge in [0.25, 0.3) is 11.8 Å².